The van der Waals surface area contributed by atoms with Crippen LogP contribution in [0.3, 0.4) is 0 Å². The fourth-order valence-corrected chi connectivity index (χ4v) is 2.18. The first-order valence-electron chi connectivity index (χ1n) is 7.23. The highest BCUT2D eigenvalue weighted by atomic mass is 16.5. The number of methoxy groups -OCH3 is 4. The molecule has 0 aromatic heterocycles. The highest BCUT2D eigenvalue weighted by Gasteiger charge is 2.13. The van der Waals surface area contributed by atoms with E-state index < -0.39 is 5.97 Å². The summed E-state index contributed by atoms with van der Waals surface area (Å²) in [5, 5.41) is 0. The first-order chi connectivity index (χ1) is 11.6. The van der Waals surface area contributed by atoms with Gasteiger partial charge in [0.1, 0.15) is 18.1 Å². The number of benzene rings is 2. The van der Waals surface area contributed by atoms with Gasteiger partial charge in [-0.15, -0.1) is 0 Å². The molecule has 0 bridgehead atoms. The van der Waals surface area contributed by atoms with Crippen LogP contribution in [0.2, 0.25) is 0 Å². The summed E-state index contributed by atoms with van der Waals surface area (Å²) in [4.78, 5) is 11.6. The van der Waals surface area contributed by atoms with E-state index in [9.17, 15) is 4.79 Å². The zero-order chi connectivity index (χ0) is 17.5. The first-order valence-corrected chi connectivity index (χ1v) is 7.23. The van der Waals surface area contributed by atoms with Gasteiger partial charge in [-0.2, -0.15) is 0 Å². The molecule has 0 fully saturated rings. The van der Waals surface area contributed by atoms with Crippen molar-refractivity contribution in [2.45, 2.75) is 6.61 Å². The molecule has 0 N–H and O–H groups in total. The van der Waals surface area contributed by atoms with Gasteiger partial charge in [0.05, 0.1) is 34.0 Å². The Labute approximate surface area is 140 Å². The Balaban J connectivity index is 2.21. The van der Waals surface area contributed by atoms with Crippen molar-refractivity contribution in [3.05, 3.63) is 47.5 Å². The van der Waals surface area contributed by atoms with Gasteiger partial charge >= 0.3 is 5.97 Å². The molecule has 0 unspecified atom stereocenters. The number of carbonyl (C=O) groups excluding carboxylic acids is 1. The molecule has 0 saturated carbocycles. The number of hydrogen-bond acceptors (Lipinski definition) is 6. The van der Waals surface area contributed by atoms with E-state index in [0.29, 0.717) is 28.6 Å². The van der Waals surface area contributed by atoms with Crippen LogP contribution in [-0.2, 0) is 11.3 Å². The van der Waals surface area contributed by atoms with Crippen LogP contribution in [0.4, 0.5) is 0 Å². The minimum absolute atomic E-state index is 0.258. The van der Waals surface area contributed by atoms with Gasteiger partial charge in [0.2, 0.25) is 0 Å². The van der Waals surface area contributed by atoms with Gasteiger partial charge in [0.25, 0.3) is 0 Å². The van der Waals surface area contributed by atoms with Crippen molar-refractivity contribution in [3.8, 4) is 23.0 Å². The zero-order valence-electron chi connectivity index (χ0n) is 14.1. The summed E-state index contributed by atoms with van der Waals surface area (Å²) >= 11 is 0. The predicted molar refractivity (Wildman–Crippen MR) is 88.2 cm³/mol. The van der Waals surface area contributed by atoms with Crippen molar-refractivity contribution in [3.63, 3.8) is 0 Å². The van der Waals surface area contributed by atoms with E-state index in [1.165, 1.54) is 14.2 Å². The van der Waals surface area contributed by atoms with Crippen LogP contribution in [0, 0.1) is 0 Å². The molecule has 2 aromatic carbocycles. The quantitative estimate of drug-likeness (QED) is 0.726. The van der Waals surface area contributed by atoms with Crippen LogP contribution < -0.4 is 18.9 Å². The second kappa shape index (κ2) is 8.10. The van der Waals surface area contributed by atoms with Crippen molar-refractivity contribution in [2.24, 2.45) is 0 Å². The number of hydrogen-bond donors (Lipinski definition) is 0. The average Bonchev–Trinajstić information content (AvgIpc) is 2.65. The molecule has 0 saturated heterocycles. The molecule has 0 heterocycles. The molecular formula is C18H20O6. The smallest absolute Gasteiger partial charge is 0.337 e. The Hall–Kier alpha value is -2.89. The first kappa shape index (κ1) is 17.5. The minimum atomic E-state index is -0.436. The highest BCUT2D eigenvalue weighted by Crippen LogP contribution is 2.31. The van der Waals surface area contributed by atoms with E-state index in [-0.39, 0.29) is 6.61 Å². The molecule has 0 atom stereocenters. The summed E-state index contributed by atoms with van der Waals surface area (Å²) in [6.45, 7) is 0.258. The summed E-state index contributed by atoms with van der Waals surface area (Å²) < 4.78 is 26.3. The maximum atomic E-state index is 11.6. The Kier molecular flexibility index (Phi) is 5.89. The summed E-state index contributed by atoms with van der Waals surface area (Å²) in [6, 6.07) is 10.3. The lowest BCUT2D eigenvalue weighted by Gasteiger charge is -2.14. The lowest BCUT2D eigenvalue weighted by atomic mass is 10.2. The number of esters is 1. The number of ether oxygens (including phenoxy) is 5. The van der Waals surface area contributed by atoms with E-state index in [2.05, 4.69) is 0 Å². The van der Waals surface area contributed by atoms with E-state index in [1.54, 1.807) is 32.4 Å². The molecule has 6 nitrogen and oxygen atoms in total. The third-order valence-corrected chi connectivity index (χ3v) is 3.46. The standard InChI is InChI=1S/C18H20O6/c1-20-14-6-8-15(21-2)13(9-14)11-24-16-7-5-12(18(19)23-4)10-17(16)22-3/h5-10H,11H2,1-4H3. The van der Waals surface area contributed by atoms with Crippen LogP contribution in [0.25, 0.3) is 0 Å². The van der Waals surface area contributed by atoms with Crippen LogP contribution in [-0.4, -0.2) is 34.4 Å². The Morgan fingerprint density at radius 2 is 1.54 bits per heavy atom. The SMILES string of the molecule is COC(=O)c1ccc(OCc2cc(OC)ccc2OC)c(OC)c1. The van der Waals surface area contributed by atoms with Gasteiger partial charge in [0, 0.05) is 5.56 Å². The molecule has 24 heavy (non-hydrogen) atoms. The molecule has 2 aromatic rings. The summed E-state index contributed by atoms with van der Waals surface area (Å²) in [7, 11) is 6.03. The van der Waals surface area contributed by atoms with Crippen LogP contribution >= 0.6 is 0 Å². The molecule has 0 aliphatic rings. The lowest BCUT2D eigenvalue weighted by molar-refractivity contribution is 0.0600. The van der Waals surface area contributed by atoms with Crippen LogP contribution in [0.1, 0.15) is 15.9 Å². The normalized spacial score (nSPS) is 10.0. The Bertz CT molecular complexity index is 711. The summed E-state index contributed by atoms with van der Waals surface area (Å²) in [5.74, 6) is 1.92. The summed E-state index contributed by atoms with van der Waals surface area (Å²) in [5.41, 5.74) is 1.22. The molecule has 0 spiro atoms. The maximum absolute atomic E-state index is 11.6. The van der Waals surface area contributed by atoms with E-state index in [4.69, 9.17) is 23.7 Å². The highest BCUT2D eigenvalue weighted by molar-refractivity contribution is 5.90. The second-order valence-electron chi connectivity index (χ2n) is 4.82. The van der Waals surface area contributed by atoms with Gasteiger partial charge in [-0.05, 0) is 36.4 Å². The topological polar surface area (TPSA) is 63.2 Å². The van der Waals surface area contributed by atoms with Crippen molar-refractivity contribution < 1.29 is 28.5 Å². The molecular weight excluding hydrogens is 312 g/mol. The monoisotopic (exact) mass is 332 g/mol. The van der Waals surface area contributed by atoms with Crippen molar-refractivity contribution in [1.29, 1.82) is 0 Å². The minimum Gasteiger partial charge on any atom is -0.497 e. The van der Waals surface area contributed by atoms with E-state index >= 15 is 0 Å². The van der Waals surface area contributed by atoms with E-state index in [1.807, 2.05) is 18.2 Å². The summed E-state index contributed by atoms with van der Waals surface area (Å²) in [6.07, 6.45) is 0. The predicted octanol–water partition coefficient (Wildman–Crippen LogP) is 3.08. The van der Waals surface area contributed by atoms with Crippen LogP contribution in [0.5, 0.6) is 23.0 Å². The molecule has 0 aliphatic heterocycles. The van der Waals surface area contributed by atoms with Gasteiger partial charge in [-0.3, -0.25) is 0 Å². The maximum Gasteiger partial charge on any atom is 0.337 e. The fourth-order valence-electron chi connectivity index (χ4n) is 2.18. The number of carbonyl (C=O) groups is 1. The molecule has 0 amide bonds. The van der Waals surface area contributed by atoms with Gasteiger partial charge < -0.3 is 23.7 Å². The molecule has 6 heteroatoms. The zero-order valence-corrected chi connectivity index (χ0v) is 14.1. The van der Waals surface area contributed by atoms with E-state index in [0.717, 1.165) is 5.56 Å². The van der Waals surface area contributed by atoms with Crippen molar-refractivity contribution in [1.82, 2.24) is 0 Å². The third-order valence-electron chi connectivity index (χ3n) is 3.46. The number of rotatable bonds is 7. The fraction of sp³-hybridized carbons (Fsp3) is 0.278. The molecule has 0 aliphatic carbocycles. The Morgan fingerprint density at radius 1 is 0.833 bits per heavy atom. The lowest BCUT2D eigenvalue weighted by Crippen LogP contribution is -2.04. The Morgan fingerprint density at radius 3 is 2.17 bits per heavy atom. The molecule has 0 radical (unpaired) electrons. The van der Waals surface area contributed by atoms with Gasteiger partial charge in [0.15, 0.2) is 11.5 Å². The van der Waals surface area contributed by atoms with Crippen molar-refractivity contribution in [2.75, 3.05) is 28.4 Å². The molecule has 128 valence electrons. The van der Waals surface area contributed by atoms with Crippen LogP contribution in [0.15, 0.2) is 36.4 Å². The third kappa shape index (κ3) is 3.90. The average molecular weight is 332 g/mol. The second-order valence-corrected chi connectivity index (χ2v) is 4.82. The van der Waals surface area contributed by atoms with Crippen molar-refractivity contribution >= 4 is 5.97 Å². The van der Waals surface area contributed by atoms with Gasteiger partial charge in [-0.25, -0.2) is 4.79 Å². The van der Waals surface area contributed by atoms with Gasteiger partial charge in [-0.1, -0.05) is 0 Å². The largest absolute Gasteiger partial charge is 0.497 e. The molecule has 2 rings (SSSR count).